The number of nitrogens with one attached hydrogen (secondary N) is 1. The molecule has 0 unspecified atom stereocenters. The maximum Gasteiger partial charge on any atom is 0.410 e. The number of alkyl halides is 2. The molecule has 1 N–H and O–H groups in total. The number of hydrogen-bond donors (Lipinski definition) is 1. The van der Waals surface area contributed by atoms with E-state index in [2.05, 4.69) is 10.1 Å². The van der Waals surface area contributed by atoms with E-state index in [4.69, 9.17) is 4.74 Å². The Hall–Kier alpha value is -1.89. The number of rotatable bonds is 5. The van der Waals surface area contributed by atoms with Gasteiger partial charge >= 0.3 is 12.7 Å². The molecule has 1 atom stereocenters. The fraction of sp³-hybridized carbons (Fsp3) is 0.533. The number of carbonyl (C=O) groups excluding carboxylic acids is 1. The summed E-state index contributed by atoms with van der Waals surface area (Å²) in [4.78, 5) is 13.8. The summed E-state index contributed by atoms with van der Waals surface area (Å²) < 4.78 is 33.7. The average molecular weight is 314 g/mol. The summed E-state index contributed by atoms with van der Waals surface area (Å²) >= 11 is 0. The van der Waals surface area contributed by atoms with E-state index in [1.807, 2.05) is 6.92 Å². The van der Waals surface area contributed by atoms with E-state index in [1.54, 1.807) is 17.0 Å². The first-order valence-corrected chi connectivity index (χ1v) is 7.28. The molecule has 1 aromatic carbocycles. The molecule has 5 nitrogen and oxygen atoms in total. The summed E-state index contributed by atoms with van der Waals surface area (Å²) in [5, 5.41) is 3.24. The van der Waals surface area contributed by atoms with Gasteiger partial charge in [-0.2, -0.15) is 8.78 Å². The highest BCUT2D eigenvalue weighted by molar-refractivity contribution is 5.68. The van der Waals surface area contributed by atoms with Crippen molar-refractivity contribution in [2.24, 2.45) is 0 Å². The van der Waals surface area contributed by atoms with Crippen LogP contribution >= 0.6 is 0 Å². The van der Waals surface area contributed by atoms with Crippen LogP contribution in [0.25, 0.3) is 0 Å². The second-order valence-electron chi connectivity index (χ2n) is 5.04. The van der Waals surface area contributed by atoms with Gasteiger partial charge in [-0.15, -0.1) is 0 Å². The number of amides is 1. The van der Waals surface area contributed by atoms with Crippen LogP contribution in [0.5, 0.6) is 5.75 Å². The van der Waals surface area contributed by atoms with E-state index in [-0.39, 0.29) is 24.5 Å². The van der Waals surface area contributed by atoms with Crippen molar-refractivity contribution in [3.63, 3.8) is 0 Å². The van der Waals surface area contributed by atoms with Crippen LogP contribution in [0.4, 0.5) is 13.6 Å². The third-order valence-electron chi connectivity index (χ3n) is 3.57. The summed E-state index contributed by atoms with van der Waals surface area (Å²) in [6.07, 6.45) is 0.517. The first-order chi connectivity index (χ1) is 10.6. The van der Waals surface area contributed by atoms with Gasteiger partial charge in [0.05, 0.1) is 0 Å². The third-order valence-corrected chi connectivity index (χ3v) is 3.57. The molecule has 1 heterocycles. The molecule has 0 aliphatic carbocycles. The number of ether oxygens (including phenoxy) is 2. The smallest absolute Gasteiger partial charge is 0.410 e. The van der Waals surface area contributed by atoms with E-state index in [0.29, 0.717) is 6.54 Å². The maximum atomic E-state index is 12.1. The summed E-state index contributed by atoms with van der Waals surface area (Å²) in [5.74, 6) is 0.0817. The lowest BCUT2D eigenvalue weighted by Crippen LogP contribution is -2.53. The normalized spacial score (nSPS) is 18.4. The number of nitrogens with zero attached hydrogens (tertiary/aromatic N) is 1. The molecule has 0 saturated carbocycles. The van der Waals surface area contributed by atoms with Crippen molar-refractivity contribution in [2.75, 3.05) is 19.6 Å². The highest BCUT2D eigenvalue weighted by atomic mass is 19.3. The molecule has 1 saturated heterocycles. The zero-order valence-electron chi connectivity index (χ0n) is 12.4. The number of halogens is 2. The molecule has 0 radical (unpaired) electrons. The lowest BCUT2D eigenvalue weighted by Gasteiger charge is -2.34. The van der Waals surface area contributed by atoms with Crippen molar-refractivity contribution in [1.82, 2.24) is 10.2 Å². The predicted octanol–water partition coefficient (Wildman–Crippen LogP) is 2.61. The van der Waals surface area contributed by atoms with Gasteiger partial charge in [0.25, 0.3) is 0 Å². The number of benzene rings is 1. The topological polar surface area (TPSA) is 50.8 Å². The van der Waals surface area contributed by atoms with Gasteiger partial charge in [-0.25, -0.2) is 4.79 Å². The number of piperazine rings is 1. The lowest BCUT2D eigenvalue weighted by molar-refractivity contribution is -0.0498. The number of hydrogen-bond acceptors (Lipinski definition) is 4. The second-order valence-corrected chi connectivity index (χ2v) is 5.04. The zero-order chi connectivity index (χ0) is 15.9. The molecule has 7 heteroatoms. The Morgan fingerprint density at radius 3 is 2.77 bits per heavy atom. The predicted molar refractivity (Wildman–Crippen MR) is 76.9 cm³/mol. The summed E-state index contributed by atoms with van der Waals surface area (Å²) in [6.45, 7) is 1.44. The average Bonchev–Trinajstić information content (AvgIpc) is 2.53. The Morgan fingerprint density at radius 2 is 2.14 bits per heavy atom. The van der Waals surface area contributed by atoms with Gasteiger partial charge in [0.15, 0.2) is 0 Å². The van der Waals surface area contributed by atoms with E-state index in [9.17, 15) is 13.6 Å². The van der Waals surface area contributed by atoms with E-state index in [0.717, 1.165) is 25.1 Å². The molecule has 1 aliphatic rings. The largest absolute Gasteiger partial charge is 0.445 e. The quantitative estimate of drug-likeness (QED) is 0.908. The fourth-order valence-corrected chi connectivity index (χ4v) is 2.36. The van der Waals surface area contributed by atoms with Crippen LogP contribution in [0.1, 0.15) is 18.9 Å². The van der Waals surface area contributed by atoms with Crippen LogP contribution in [0.15, 0.2) is 24.3 Å². The lowest BCUT2D eigenvalue weighted by atomic mass is 10.1. The Kier molecular flexibility index (Phi) is 5.94. The Bertz CT molecular complexity index is 482. The van der Waals surface area contributed by atoms with E-state index >= 15 is 0 Å². The van der Waals surface area contributed by atoms with Crippen molar-refractivity contribution >= 4 is 6.09 Å². The van der Waals surface area contributed by atoms with Crippen LogP contribution in [-0.4, -0.2) is 43.3 Å². The van der Waals surface area contributed by atoms with Crippen LogP contribution in [0.2, 0.25) is 0 Å². The minimum atomic E-state index is -2.85. The molecule has 1 aromatic rings. The third kappa shape index (κ3) is 4.56. The highest BCUT2D eigenvalue weighted by Gasteiger charge is 2.26. The van der Waals surface area contributed by atoms with Gasteiger partial charge in [-0.3, -0.25) is 0 Å². The SMILES string of the molecule is CC[C@@H]1CNCCN1C(=O)OCc1ccc(OC(F)F)cc1. The van der Waals surface area contributed by atoms with Crippen molar-refractivity contribution < 1.29 is 23.0 Å². The van der Waals surface area contributed by atoms with Gasteiger partial charge in [0.2, 0.25) is 0 Å². The van der Waals surface area contributed by atoms with Gasteiger partial charge in [-0.05, 0) is 24.1 Å². The molecule has 1 amide bonds. The Labute approximate surface area is 128 Å². The van der Waals surface area contributed by atoms with Crippen LogP contribution in [0.3, 0.4) is 0 Å². The molecule has 0 bridgehead atoms. The molecular formula is C15H20F2N2O3. The van der Waals surface area contributed by atoms with E-state index in [1.165, 1.54) is 12.1 Å². The molecule has 1 aliphatic heterocycles. The molecule has 0 aromatic heterocycles. The monoisotopic (exact) mass is 314 g/mol. The Morgan fingerprint density at radius 1 is 1.41 bits per heavy atom. The summed E-state index contributed by atoms with van der Waals surface area (Å²) in [7, 11) is 0. The minimum absolute atomic E-state index is 0.0817. The summed E-state index contributed by atoms with van der Waals surface area (Å²) in [6, 6.07) is 6.19. The zero-order valence-corrected chi connectivity index (χ0v) is 12.4. The minimum Gasteiger partial charge on any atom is -0.445 e. The van der Waals surface area contributed by atoms with Crippen molar-refractivity contribution in [3.05, 3.63) is 29.8 Å². The van der Waals surface area contributed by atoms with E-state index < -0.39 is 6.61 Å². The summed E-state index contributed by atoms with van der Waals surface area (Å²) in [5.41, 5.74) is 0.721. The van der Waals surface area contributed by atoms with Crippen molar-refractivity contribution in [1.29, 1.82) is 0 Å². The first-order valence-electron chi connectivity index (χ1n) is 7.28. The van der Waals surface area contributed by atoms with Gasteiger partial charge in [0, 0.05) is 25.7 Å². The van der Waals surface area contributed by atoms with Crippen LogP contribution in [-0.2, 0) is 11.3 Å². The second kappa shape index (κ2) is 7.93. The maximum absolute atomic E-state index is 12.1. The van der Waals surface area contributed by atoms with Gasteiger partial charge in [0.1, 0.15) is 12.4 Å². The first kappa shape index (κ1) is 16.5. The van der Waals surface area contributed by atoms with Crippen molar-refractivity contribution in [2.45, 2.75) is 32.6 Å². The van der Waals surface area contributed by atoms with Crippen LogP contribution < -0.4 is 10.1 Å². The van der Waals surface area contributed by atoms with Crippen molar-refractivity contribution in [3.8, 4) is 5.75 Å². The molecule has 0 spiro atoms. The standard InChI is InChI=1S/C15H20F2N2O3/c1-2-12-9-18-7-8-19(12)15(20)21-10-11-3-5-13(6-4-11)22-14(16)17/h3-6,12,14,18H,2,7-10H2,1H3/t12-/m1/s1. The fourth-order valence-electron chi connectivity index (χ4n) is 2.36. The molecule has 1 fully saturated rings. The molecule has 122 valence electrons. The van der Waals surface area contributed by atoms with Gasteiger partial charge in [-0.1, -0.05) is 19.1 Å². The van der Waals surface area contributed by atoms with Gasteiger partial charge < -0.3 is 19.7 Å². The molecule has 22 heavy (non-hydrogen) atoms. The van der Waals surface area contributed by atoms with Crippen LogP contribution in [0, 0.1) is 0 Å². The Balaban J connectivity index is 1.85. The molecule has 2 rings (SSSR count). The number of carbonyl (C=O) groups is 1. The highest BCUT2D eigenvalue weighted by Crippen LogP contribution is 2.16. The molecular weight excluding hydrogens is 294 g/mol.